The number of hydrogen-bond acceptors (Lipinski definition) is 5. The first kappa shape index (κ1) is 22.4. The lowest BCUT2D eigenvalue weighted by atomic mass is 9.96. The molecule has 0 bridgehead atoms. The molecular weight excluding hydrogens is 342 g/mol. The molecule has 0 amide bonds. The molecule has 0 aromatic heterocycles. The number of carbonyl (C=O) groups is 2. The van der Waals surface area contributed by atoms with Crippen LogP contribution in [-0.2, 0) is 14.3 Å². The van der Waals surface area contributed by atoms with Gasteiger partial charge in [-0.05, 0) is 57.4 Å². The highest BCUT2D eigenvalue weighted by Gasteiger charge is 2.20. The zero-order valence-corrected chi connectivity index (χ0v) is 16.9. The third-order valence-corrected chi connectivity index (χ3v) is 3.55. The number of nitrogens with two attached hydrogens (primary N) is 1. The monoisotopic (exact) mass is 371 g/mol. The summed E-state index contributed by atoms with van der Waals surface area (Å²) in [6.45, 7) is 9.25. The van der Waals surface area contributed by atoms with Crippen molar-refractivity contribution in [3.8, 4) is 11.1 Å². The van der Waals surface area contributed by atoms with E-state index in [1.54, 1.807) is 6.92 Å². The fourth-order valence-corrected chi connectivity index (χ4v) is 2.29. The van der Waals surface area contributed by atoms with Crippen LogP contribution in [0.2, 0.25) is 0 Å². The van der Waals surface area contributed by atoms with Crippen LogP contribution >= 0.6 is 0 Å². The lowest BCUT2D eigenvalue weighted by Gasteiger charge is -2.20. The summed E-state index contributed by atoms with van der Waals surface area (Å²) in [4.78, 5) is 22.5. The minimum atomic E-state index is -0.495. The van der Waals surface area contributed by atoms with Gasteiger partial charge in [0.2, 0.25) is 0 Å². The Balaban J connectivity index is 0.000000445. The van der Waals surface area contributed by atoms with E-state index in [1.165, 1.54) is 7.11 Å². The molecule has 0 spiro atoms. The molecule has 0 fully saturated rings. The highest BCUT2D eigenvalue weighted by atomic mass is 16.6. The molecule has 0 aliphatic rings. The molecule has 1 atom stereocenters. The van der Waals surface area contributed by atoms with Crippen molar-refractivity contribution in [2.24, 2.45) is 5.73 Å². The summed E-state index contributed by atoms with van der Waals surface area (Å²) < 4.78 is 9.73. The van der Waals surface area contributed by atoms with Gasteiger partial charge in [-0.2, -0.15) is 0 Å². The molecule has 0 aliphatic heterocycles. The second kappa shape index (κ2) is 9.88. The van der Waals surface area contributed by atoms with Crippen LogP contribution in [0.4, 0.5) is 0 Å². The van der Waals surface area contributed by atoms with Crippen LogP contribution in [0.1, 0.15) is 43.6 Å². The second-order valence-electron chi connectivity index (χ2n) is 7.17. The maximum atomic E-state index is 12.3. The Morgan fingerprint density at radius 2 is 1.48 bits per heavy atom. The highest BCUT2D eigenvalue weighted by molar-refractivity contribution is 5.97. The average molecular weight is 371 g/mol. The van der Waals surface area contributed by atoms with Crippen molar-refractivity contribution in [2.45, 2.75) is 46.3 Å². The number of methoxy groups -OCH3 is 1. The van der Waals surface area contributed by atoms with E-state index < -0.39 is 11.6 Å². The molecule has 2 aromatic rings. The maximum Gasteiger partial charge on any atom is 0.339 e. The van der Waals surface area contributed by atoms with Gasteiger partial charge >= 0.3 is 11.9 Å². The molecule has 1 unspecified atom stereocenters. The molecule has 27 heavy (non-hydrogen) atoms. The second-order valence-corrected chi connectivity index (χ2v) is 7.17. The number of rotatable bonds is 3. The zero-order chi connectivity index (χ0) is 20.6. The van der Waals surface area contributed by atoms with E-state index in [9.17, 15) is 9.59 Å². The van der Waals surface area contributed by atoms with Crippen LogP contribution in [-0.4, -0.2) is 30.7 Å². The van der Waals surface area contributed by atoms with Crippen molar-refractivity contribution in [2.75, 3.05) is 7.11 Å². The lowest BCUT2D eigenvalue weighted by molar-refractivity contribution is -0.141. The summed E-state index contributed by atoms with van der Waals surface area (Å²) in [7, 11) is 1.31. The Bertz CT molecular complexity index is 776. The van der Waals surface area contributed by atoms with Gasteiger partial charge in [-0.15, -0.1) is 0 Å². The SMILES string of the molecule is COC(=O)C(C)N.Cc1ccccc1-c1ccccc1C(=O)OC(C)(C)C. The first-order valence-electron chi connectivity index (χ1n) is 8.78. The normalized spacial score (nSPS) is 11.7. The molecule has 2 aromatic carbocycles. The molecule has 5 nitrogen and oxygen atoms in total. The van der Waals surface area contributed by atoms with Crippen LogP contribution in [0.25, 0.3) is 11.1 Å². The van der Waals surface area contributed by atoms with Crippen LogP contribution < -0.4 is 5.73 Å². The van der Waals surface area contributed by atoms with Gasteiger partial charge in [-0.3, -0.25) is 4.79 Å². The summed E-state index contributed by atoms with van der Waals surface area (Å²) in [5, 5.41) is 0. The molecular formula is C22H29NO4. The first-order chi connectivity index (χ1) is 12.6. The zero-order valence-electron chi connectivity index (χ0n) is 16.9. The Morgan fingerprint density at radius 1 is 0.963 bits per heavy atom. The Morgan fingerprint density at radius 3 is 1.93 bits per heavy atom. The minimum Gasteiger partial charge on any atom is -0.468 e. The molecule has 146 valence electrons. The molecule has 0 saturated carbocycles. The van der Waals surface area contributed by atoms with Crippen LogP contribution in [0.3, 0.4) is 0 Å². The smallest absolute Gasteiger partial charge is 0.339 e. The van der Waals surface area contributed by atoms with E-state index in [0.717, 1.165) is 16.7 Å². The number of hydrogen-bond donors (Lipinski definition) is 1. The third-order valence-electron chi connectivity index (χ3n) is 3.55. The summed E-state index contributed by atoms with van der Waals surface area (Å²) in [5.74, 6) is -0.656. The quantitative estimate of drug-likeness (QED) is 0.821. The minimum absolute atomic E-state index is 0.281. The van der Waals surface area contributed by atoms with Gasteiger partial charge in [0, 0.05) is 0 Å². The van der Waals surface area contributed by atoms with Crippen LogP contribution in [0.5, 0.6) is 0 Å². The predicted octanol–water partition coefficient (Wildman–Crippen LogP) is 4.12. The Hall–Kier alpha value is -2.66. The summed E-state index contributed by atoms with van der Waals surface area (Å²) in [6, 6.07) is 15.1. The van der Waals surface area contributed by atoms with Crippen molar-refractivity contribution in [3.05, 3.63) is 59.7 Å². The van der Waals surface area contributed by atoms with E-state index in [-0.39, 0.29) is 11.9 Å². The molecule has 0 saturated heterocycles. The van der Waals surface area contributed by atoms with Gasteiger partial charge in [0.1, 0.15) is 11.6 Å². The van der Waals surface area contributed by atoms with Crippen LogP contribution in [0, 0.1) is 6.92 Å². The fraction of sp³-hybridized carbons (Fsp3) is 0.364. The highest BCUT2D eigenvalue weighted by Crippen LogP contribution is 2.28. The van der Waals surface area contributed by atoms with Crippen molar-refractivity contribution in [3.63, 3.8) is 0 Å². The largest absolute Gasteiger partial charge is 0.468 e. The summed E-state index contributed by atoms with van der Waals surface area (Å²) in [6.07, 6.45) is 0. The van der Waals surface area contributed by atoms with E-state index >= 15 is 0 Å². The van der Waals surface area contributed by atoms with Gasteiger partial charge in [-0.1, -0.05) is 42.5 Å². The summed E-state index contributed by atoms with van der Waals surface area (Å²) in [5.41, 5.74) is 8.31. The Labute approximate surface area is 161 Å². The standard InChI is InChI=1S/C18H20O2.C4H9NO2/c1-13-9-5-6-10-14(13)15-11-7-8-12-16(15)17(19)20-18(2,3)4;1-3(5)4(6)7-2/h5-12H,1-4H3;3H,5H2,1-2H3. The Kier molecular flexibility index (Phi) is 8.19. The molecule has 0 heterocycles. The first-order valence-corrected chi connectivity index (χ1v) is 8.78. The fourth-order valence-electron chi connectivity index (χ4n) is 2.29. The number of ether oxygens (including phenoxy) is 2. The molecule has 0 aliphatic carbocycles. The van der Waals surface area contributed by atoms with Gasteiger partial charge in [0.25, 0.3) is 0 Å². The maximum absolute atomic E-state index is 12.3. The van der Waals surface area contributed by atoms with Gasteiger partial charge in [0.05, 0.1) is 12.7 Å². The number of esters is 2. The van der Waals surface area contributed by atoms with E-state index in [0.29, 0.717) is 5.56 Å². The molecule has 0 radical (unpaired) electrons. The third kappa shape index (κ3) is 7.23. The average Bonchev–Trinajstić information content (AvgIpc) is 2.60. The van der Waals surface area contributed by atoms with Crippen molar-refractivity contribution in [1.82, 2.24) is 0 Å². The molecule has 2 N–H and O–H groups in total. The van der Waals surface area contributed by atoms with E-state index in [2.05, 4.69) is 4.74 Å². The van der Waals surface area contributed by atoms with Gasteiger partial charge in [0.15, 0.2) is 0 Å². The lowest BCUT2D eigenvalue weighted by Crippen LogP contribution is -2.27. The molecule has 2 rings (SSSR count). The molecule has 5 heteroatoms. The number of aryl methyl sites for hydroxylation is 1. The topological polar surface area (TPSA) is 78.6 Å². The van der Waals surface area contributed by atoms with E-state index in [1.807, 2.05) is 76.2 Å². The van der Waals surface area contributed by atoms with E-state index in [4.69, 9.17) is 10.5 Å². The van der Waals surface area contributed by atoms with Crippen molar-refractivity contribution >= 4 is 11.9 Å². The van der Waals surface area contributed by atoms with Crippen molar-refractivity contribution in [1.29, 1.82) is 0 Å². The van der Waals surface area contributed by atoms with Gasteiger partial charge in [-0.25, -0.2) is 4.79 Å². The van der Waals surface area contributed by atoms with Crippen molar-refractivity contribution < 1.29 is 19.1 Å². The predicted molar refractivity (Wildman–Crippen MR) is 107 cm³/mol. The summed E-state index contributed by atoms with van der Waals surface area (Å²) >= 11 is 0. The van der Waals surface area contributed by atoms with Gasteiger partial charge < -0.3 is 15.2 Å². The number of carbonyl (C=O) groups excluding carboxylic acids is 2. The van der Waals surface area contributed by atoms with Crippen LogP contribution in [0.15, 0.2) is 48.5 Å². The number of benzene rings is 2.